The molecule has 3 heterocycles. The van der Waals surface area contributed by atoms with E-state index in [4.69, 9.17) is 0 Å². The van der Waals surface area contributed by atoms with Crippen LogP contribution >= 0.6 is 23.5 Å². The topological polar surface area (TPSA) is 26.8 Å². The molecule has 4 nitrogen and oxygen atoms in total. The van der Waals surface area contributed by atoms with Gasteiger partial charge in [0, 0.05) is 55.1 Å². The summed E-state index contributed by atoms with van der Waals surface area (Å²) in [6.07, 6.45) is 6.72. The summed E-state index contributed by atoms with van der Waals surface area (Å²) < 4.78 is 0. The van der Waals surface area contributed by atoms with Crippen molar-refractivity contribution in [3.8, 4) is 0 Å². The molecule has 3 fully saturated rings. The molecule has 0 spiro atoms. The summed E-state index contributed by atoms with van der Waals surface area (Å²) in [6, 6.07) is 1.22. The van der Waals surface area contributed by atoms with Crippen LogP contribution in [0, 0.1) is 5.92 Å². The number of hydrogen-bond donors (Lipinski definition) is 0. The van der Waals surface area contributed by atoms with Crippen LogP contribution in [0.1, 0.15) is 38.5 Å². The summed E-state index contributed by atoms with van der Waals surface area (Å²) in [7, 11) is 4.21. The maximum Gasteiger partial charge on any atom is 0.222 e. The summed E-state index contributed by atoms with van der Waals surface area (Å²) in [5, 5.41) is 0. The van der Waals surface area contributed by atoms with Gasteiger partial charge in [-0.25, -0.2) is 0 Å². The molecule has 0 saturated carbocycles. The first kappa shape index (κ1) is 20.8. The van der Waals surface area contributed by atoms with Crippen molar-refractivity contribution in [3.05, 3.63) is 0 Å². The lowest BCUT2D eigenvalue weighted by atomic mass is 9.92. The van der Waals surface area contributed by atoms with Gasteiger partial charge in [-0.2, -0.15) is 23.5 Å². The monoisotopic (exact) mass is 399 g/mol. The molecule has 0 aliphatic carbocycles. The number of likely N-dealkylation sites (tertiary alicyclic amines) is 2. The number of rotatable bonds is 5. The summed E-state index contributed by atoms with van der Waals surface area (Å²) in [5.41, 5.74) is 0. The Morgan fingerprint density at radius 2 is 1.77 bits per heavy atom. The van der Waals surface area contributed by atoms with Crippen molar-refractivity contribution in [2.75, 3.05) is 63.3 Å². The molecule has 3 aliphatic rings. The van der Waals surface area contributed by atoms with Gasteiger partial charge in [0.25, 0.3) is 0 Å². The Hall–Kier alpha value is 0.0900. The maximum atomic E-state index is 12.7. The molecule has 3 saturated heterocycles. The van der Waals surface area contributed by atoms with Crippen LogP contribution in [0.2, 0.25) is 0 Å². The number of piperidine rings is 2. The van der Waals surface area contributed by atoms with Crippen LogP contribution in [0.4, 0.5) is 0 Å². The van der Waals surface area contributed by atoms with E-state index in [2.05, 4.69) is 45.3 Å². The van der Waals surface area contributed by atoms with E-state index in [9.17, 15) is 4.79 Å². The summed E-state index contributed by atoms with van der Waals surface area (Å²) in [5.74, 6) is 6.33. The van der Waals surface area contributed by atoms with Gasteiger partial charge in [-0.1, -0.05) is 0 Å². The van der Waals surface area contributed by atoms with Gasteiger partial charge in [0.05, 0.1) is 0 Å². The van der Waals surface area contributed by atoms with Gasteiger partial charge in [0.2, 0.25) is 5.91 Å². The minimum absolute atomic E-state index is 0.372. The van der Waals surface area contributed by atoms with Crippen molar-refractivity contribution in [2.45, 2.75) is 50.6 Å². The zero-order valence-corrected chi connectivity index (χ0v) is 18.3. The fourth-order valence-corrected chi connectivity index (χ4v) is 7.20. The Balaban J connectivity index is 1.41. The lowest BCUT2D eigenvalue weighted by Crippen LogP contribution is -2.46. The number of hydrogen-bond acceptors (Lipinski definition) is 5. The van der Waals surface area contributed by atoms with Crippen molar-refractivity contribution in [2.24, 2.45) is 5.92 Å². The molecule has 1 atom stereocenters. The maximum absolute atomic E-state index is 12.7. The Kier molecular flexibility index (Phi) is 8.47. The van der Waals surface area contributed by atoms with E-state index in [0.717, 1.165) is 50.7 Å². The second-order valence-electron chi connectivity index (χ2n) is 8.38. The Morgan fingerprint density at radius 3 is 2.46 bits per heavy atom. The number of carbonyl (C=O) groups is 1. The van der Waals surface area contributed by atoms with E-state index in [-0.39, 0.29) is 0 Å². The molecule has 0 radical (unpaired) electrons. The average Bonchev–Trinajstić information content (AvgIpc) is 2.96. The molecule has 0 aromatic carbocycles. The van der Waals surface area contributed by atoms with Crippen LogP contribution in [0.15, 0.2) is 0 Å². The molecule has 0 aromatic heterocycles. The minimum atomic E-state index is 0.372. The average molecular weight is 400 g/mol. The lowest BCUT2D eigenvalue weighted by molar-refractivity contribution is -0.133. The number of carbonyl (C=O) groups excluding carboxylic acids is 1. The van der Waals surface area contributed by atoms with E-state index < -0.39 is 0 Å². The quantitative estimate of drug-likeness (QED) is 0.708. The fraction of sp³-hybridized carbons (Fsp3) is 0.950. The van der Waals surface area contributed by atoms with Gasteiger partial charge >= 0.3 is 0 Å². The van der Waals surface area contributed by atoms with Gasteiger partial charge in [-0.3, -0.25) is 9.69 Å². The van der Waals surface area contributed by atoms with E-state index in [1.807, 2.05) is 7.05 Å². The first-order valence-electron chi connectivity index (χ1n) is 10.5. The third-order valence-corrected chi connectivity index (χ3v) is 8.94. The normalized spacial score (nSPS) is 28.0. The van der Waals surface area contributed by atoms with E-state index >= 15 is 0 Å². The van der Waals surface area contributed by atoms with Gasteiger partial charge < -0.3 is 9.80 Å². The van der Waals surface area contributed by atoms with E-state index in [1.165, 1.54) is 48.9 Å². The number of amides is 1. The summed E-state index contributed by atoms with van der Waals surface area (Å²) in [4.78, 5) is 19.9. The minimum Gasteiger partial charge on any atom is -0.343 e. The van der Waals surface area contributed by atoms with Crippen LogP contribution in [0.5, 0.6) is 0 Å². The smallest absolute Gasteiger partial charge is 0.222 e. The molecule has 3 aliphatic heterocycles. The zero-order valence-electron chi connectivity index (χ0n) is 16.7. The molecule has 6 heteroatoms. The summed E-state index contributed by atoms with van der Waals surface area (Å²) in [6.45, 7) is 4.73. The molecule has 0 N–H and O–H groups in total. The first-order chi connectivity index (χ1) is 12.6. The molecule has 0 aromatic rings. The first-order valence-corrected chi connectivity index (χ1v) is 12.8. The third kappa shape index (κ3) is 6.05. The van der Waals surface area contributed by atoms with Crippen LogP contribution in [0.25, 0.3) is 0 Å². The van der Waals surface area contributed by atoms with E-state index in [0.29, 0.717) is 11.9 Å². The van der Waals surface area contributed by atoms with Crippen molar-refractivity contribution in [3.63, 3.8) is 0 Å². The van der Waals surface area contributed by atoms with Crippen molar-refractivity contribution in [1.29, 1.82) is 0 Å². The molecule has 150 valence electrons. The molecule has 1 unspecified atom stereocenters. The lowest BCUT2D eigenvalue weighted by Gasteiger charge is -2.38. The largest absolute Gasteiger partial charge is 0.343 e. The standard InChI is InChI=1S/C20H37N3OS2/c1-21-10-7-18(8-11-21)22(2)20(24)6-5-17-4-3-9-23(14-17)19-15-25-12-13-26-16-19/h17-19H,3-16H2,1-2H3. The second kappa shape index (κ2) is 10.6. The Labute approximate surface area is 168 Å². The van der Waals surface area contributed by atoms with Gasteiger partial charge in [0.15, 0.2) is 0 Å². The van der Waals surface area contributed by atoms with E-state index in [1.54, 1.807) is 0 Å². The highest BCUT2D eigenvalue weighted by Crippen LogP contribution is 2.27. The highest BCUT2D eigenvalue weighted by atomic mass is 32.2. The Morgan fingerprint density at radius 1 is 1.08 bits per heavy atom. The summed E-state index contributed by atoms with van der Waals surface area (Å²) >= 11 is 4.26. The third-order valence-electron chi connectivity index (χ3n) is 6.45. The highest BCUT2D eigenvalue weighted by molar-refractivity contribution is 8.03. The highest BCUT2D eigenvalue weighted by Gasteiger charge is 2.28. The molecular formula is C20H37N3OS2. The van der Waals surface area contributed by atoms with Gasteiger partial charge in [0.1, 0.15) is 0 Å². The van der Waals surface area contributed by atoms with Crippen molar-refractivity contribution < 1.29 is 4.79 Å². The molecular weight excluding hydrogens is 362 g/mol. The zero-order chi connectivity index (χ0) is 18.4. The fourth-order valence-electron chi connectivity index (χ4n) is 4.57. The number of thioether (sulfide) groups is 2. The van der Waals surface area contributed by atoms with Crippen LogP contribution in [0.3, 0.4) is 0 Å². The van der Waals surface area contributed by atoms with Gasteiger partial charge in [-0.05, 0) is 64.7 Å². The predicted molar refractivity (Wildman–Crippen MR) is 115 cm³/mol. The Bertz CT molecular complexity index is 435. The number of nitrogens with zero attached hydrogens (tertiary/aromatic N) is 3. The van der Waals surface area contributed by atoms with Crippen LogP contribution < -0.4 is 0 Å². The second-order valence-corrected chi connectivity index (χ2v) is 10.7. The van der Waals surface area contributed by atoms with Crippen LogP contribution in [-0.2, 0) is 4.79 Å². The molecule has 1 amide bonds. The SMILES string of the molecule is CN1CCC(N(C)C(=O)CCC2CCCN(C3CSCCSC3)C2)CC1. The van der Waals surface area contributed by atoms with Crippen molar-refractivity contribution in [1.82, 2.24) is 14.7 Å². The van der Waals surface area contributed by atoms with Gasteiger partial charge in [-0.15, -0.1) is 0 Å². The molecule has 26 heavy (non-hydrogen) atoms. The van der Waals surface area contributed by atoms with Crippen LogP contribution in [-0.4, -0.2) is 96.0 Å². The molecule has 3 rings (SSSR count). The molecule has 0 bridgehead atoms. The predicted octanol–water partition coefficient (Wildman–Crippen LogP) is 2.88. The van der Waals surface area contributed by atoms with Crippen molar-refractivity contribution >= 4 is 29.4 Å².